The molecule has 2 fully saturated rings. The van der Waals surface area contributed by atoms with Crippen LogP contribution in [-0.4, -0.2) is 69.4 Å². The second-order valence-corrected chi connectivity index (χ2v) is 11.9. The SMILES string of the molecule is Cc1cc(S(=O)(=O)N2CCC(n3ncc(NC[C@H]4CCCOC4)c(Cl)c3=O)CC2)ccc1N(C)C. The van der Waals surface area contributed by atoms with Crippen LogP contribution in [0.2, 0.25) is 5.02 Å². The van der Waals surface area contributed by atoms with Gasteiger partial charge in [0.15, 0.2) is 0 Å². The van der Waals surface area contributed by atoms with Crippen LogP contribution in [0.15, 0.2) is 34.1 Å². The van der Waals surface area contributed by atoms with E-state index in [1.807, 2.05) is 32.0 Å². The highest BCUT2D eigenvalue weighted by atomic mass is 35.5. The van der Waals surface area contributed by atoms with Gasteiger partial charge in [0.05, 0.1) is 29.4 Å². The van der Waals surface area contributed by atoms with Crippen LogP contribution in [0.25, 0.3) is 0 Å². The molecule has 2 aromatic rings. The standard InChI is InChI=1S/C24H34ClN5O4S/c1-17-13-20(6-7-22(17)28(2)3)35(32,33)29-10-8-19(9-11-29)30-24(31)23(25)21(15-27-30)26-14-18-5-4-12-34-16-18/h6-7,13,15,18-19,26H,4-5,8-12,14,16H2,1-3H3/t18-/m1/s1. The molecule has 35 heavy (non-hydrogen) atoms. The van der Waals surface area contributed by atoms with Crippen LogP contribution >= 0.6 is 11.6 Å². The second-order valence-electron chi connectivity index (χ2n) is 9.56. The van der Waals surface area contributed by atoms with E-state index in [1.54, 1.807) is 18.3 Å². The number of ether oxygens (including phenoxy) is 1. The highest BCUT2D eigenvalue weighted by Gasteiger charge is 2.31. The van der Waals surface area contributed by atoms with E-state index in [0.717, 1.165) is 30.7 Å². The van der Waals surface area contributed by atoms with Gasteiger partial charge in [-0.3, -0.25) is 4.79 Å². The molecule has 2 saturated heterocycles. The lowest BCUT2D eigenvalue weighted by atomic mass is 10.0. The normalized spacial score (nSPS) is 20.1. The van der Waals surface area contributed by atoms with Gasteiger partial charge in [-0.05, 0) is 62.3 Å². The molecule has 0 bridgehead atoms. The van der Waals surface area contributed by atoms with Crippen molar-refractivity contribution in [1.29, 1.82) is 0 Å². The van der Waals surface area contributed by atoms with Crippen LogP contribution < -0.4 is 15.8 Å². The van der Waals surface area contributed by atoms with E-state index in [4.69, 9.17) is 16.3 Å². The average molecular weight is 524 g/mol. The summed E-state index contributed by atoms with van der Waals surface area (Å²) in [5.41, 5.74) is 2.05. The lowest BCUT2D eigenvalue weighted by molar-refractivity contribution is 0.0595. The molecule has 0 amide bonds. The van der Waals surface area contributed by atoms with Crippen LogP contribution in [0, 0.1) is 12.8 Å². The Morgan fingerprint density at radius 3 is 2.60 bits per heavy atom. The largest absolute Gasteiger partial charge is 0.382 e. The third-order valence-corrected chi connectivity index (χ3v) is 9.10. The topological polar surface area (TPSA) is 96.8 Å². The number of hydrogen-bond acceptors (Lipinski definition) is 7. The summed E-state index contributed by atoms with van der Waals surface area (Å²) in [5, 5.41) is 7.71. The first-order valence-corrected chi connectivity index (χ1v) is 13.9. The number of anilines is 2. The first-order valence-electron chi connectivity index (χ1n) is 12.1. The molecule has 3 heterocycles. The van der Waals surface area contributed by atoms with Crippen LogP contribution in [0.4, 0.5) is 11.4 Å². The number of nitrogens with one attached hydrogen (secondary N) is 1. The van der Waals surface area contributed by atoms with E-state index in [-0.39, 0.29) is 21.5 Å². The molecule has 2 aliphatic rings. The maximum Gasteiger partial charge on any atom is 0.287 e. The molecule has 2 aliphatic heterocycles. The zero-order chi connectivity index (χ0) is 25.2. The fourth-order valence-electron chi connectivity index (χ4n) is 4.82. The third-order valence-electron chi connectivity index (χ3n) is 6.84. The molecule has 1 atom stereocenters. The second kappa shape index (κ2) is 10.9. The van der Waals surface area contributed by atoms with Crippen molar-refractivity contribution in [2.24, 2.45) is 5.92 Å². The van der Waals surface area contributed by atoms with Crippen molar-refractivity contribution in [1.82, 2.24) is 14.1 Å². The summed E-state index contributed by atoms with van der Waals surface area (Å²) in [6, 6.07) is 5.00. The molecule has 0 spiro atoms. The lowest BCUT2D eigenvalue weighted by Gasteiger charge is -2.32. The molecule has 9 nitrogen and oxygen atoms in total. The van der Waals surface area contributed by atoms with Crippen molar-refractivity contribution in [3.05, 3.63) is 45.3 Å². The van der Waals surface area contributed by atoms with Crippen LogP contribution in [0.5, 0.6) is 0 Å². The van der Waals surface area contributed by atoms with Crippen molar-refractivity contribution in [2.45, 2.75) is 43.5 Å². The van der Waals surface area contributed by atoms with Gasteiger partial charge >= 0.3 is 0 Å². The van der Waals surface area contributed by atoms with Gasteiger partial charge in [-0.2, -0.15) is 9.40 Å². The van der Waals surface area contributed by atoms with E-state index < -0.39 is 10.0 Å². The van der Waals surface area contributed by atoms with E-state index in [1.165, 1.54) is 8.99 Å². The summed E-state index contributed by atoms with van der Waals surface area (Å²) in [6.07, 6.45) is 4.68. The molecule has 0 radical (unpaired) electrons. The minimum absolute atomic E-state index is 0.114. The first-order chi connectivity index (χ1) is 16.7. The summed E-state index contributed by atoms with van der Waals surface area (Å²) in [6.45, 7) is 4.72. The molecule has 192 valence electrons. The van der Waals surface area contributed by atoms with Crippen LogP contribution in [0.1, 0.15) is 37.3 Å². The fourth-order valence-corrected chi connectivity index (χ4v) is 6.57. The quantitative estimate of drug-likeness (QED) is 0.595. The van der Waals surface area contributed by atoms with Crippen molar-refractivity contribution < 1.29 is 13.2 Å². The first kappa shape index (κ1) is 25.9. The molecule has 0 unspecified atom stereocenters. The van der Waals surface area contributed by atoms with Gasteiger partial charge < -0.3 is 15.0 Å². The number of sulfonamides is 1. The Labute approximate surface area is 212 Å². The van der Waals surface area contributed by atoms with E-state index in [9.17, 15) is 13.2 Å². The van der Waals surface area contributed by atoms with Gasteiger partial charge in [-0.25, -0.2) is 13.1 Å². The molecule has 0 saturated carbocycles. The van der Waals surface area contributed by atoms with Gasteiger partial charge in [-0.15, -0.1) is 0 Å². The minimum atomic E-state index is -3.62. The van der Waals surface area contributed by atoms with E-state index in [0.29, 0.717) is 50.7 Å². The maximum absolute atomic E-state index is 13.2. The molecule has 1 aromatic carbocycles. The predicted molar refractivity (Wildman–Crippen MR) is 138 cm³/mol. The Hall–Kier alpha value is -2.14. The zero-order valence-corrected chi connectivity index (χ0v) is 22.1. The molecule has 11 heteroatoms. The smallest absolute Gasteiger partial charge is 0.287 e. The Morgan fingerprint density at radius 2 is 1.97 bits per heavy atom. The molecule has 1 N–H and O–H groups in total. The predicted octanol–water partition coefficient (Wildman–Crippen LogP) is 3.14. The van der Waals surface area contributed by atoms with Gasteiger partial charge in [0, 0.05) is 46.0 Å². The van der Waals surface area contributed by atoms with Crippen molar-refractivity contribution in [2.75, 3.05) is 57.2 Å². The number of aryl methyl sites for hydroxylation is 1. The number of hydrogen-bond donors (Lipinski definition) is 1. The van der Waals surface area contributed by atoms with Crippen LogP contribution in [-0.2, 0) is 14.8 Å². The van der Waals surface area contributed by atoms with Crippen molar-refractivity contribution >= 4 is 33.0 Å². The van der Waals surface area contributed by atoms with Gasteiger partial charge in [0.2, 0.25) is 10.0 Å². The Balaban J connectivity index is 1.41. The Bertz CT molecular complexity index is 1200. The Morgan fingerprint density at radius 1 is 1.23 bits per heavy atom. The molecule has 1 aromatic heterocycles. The van der Waals surface area contributed by atoms with Gasteiger partial charge in [0.25, 0.3) is 5.56 Å². The zero-order valence-electron chi connectivity index (χ0n) is 20.5. The summed E-state index contributed by atoms with van der Waals surface area (Å²) < 4.78 is 34.8. The molecule has 4 rings (SSSR count). The average Bonchev–Trinajstić information content (AvgIpc) is 2.85. The maximum atomic E-state index is 13.2. The summed E-state index contributed by atoms with van der Waals surface area (Å²) in [5.74, 6) is 0.386. The number of aromatic nitrogens is 2. The minimum Gasteiger partial charge on any atom is -0.382 e. The van der Waals surface area contributed by atoms with Crippen LogP contribution in [0.3, 0.4) is 0 Å². The highest BCUT2D eigenvalue weighted by molar-refractivity contribution is 7.89. The number of benzene rings is 1. The number of nitrogens with zero attached hydrogens (tertiary/aromatic N) is 4. The monoisotopic (exact) mass is 523 g/mol. The van der Waals surface area contributed by atoms with Crippen molar-refractivity contribution in [3.8, 4) is 0 Å². The number of rotatable bonds is 7. The summed E-state index contributed by atoms with van der Waals surface area (Å²) in [4.78, 5) is 15.2. The fraction of sp³-hybridized carbons (Fsp3) is 0.583. The molecule has 0 aliphatic carbocycles. The molecular formula is C24H34ClN5O4S. The Kier molecular flexibility index (Phi) is 8.05. The number of halogens is 1. The lowest BCUT2D eigenvalue weighted by Crippen LogP contribution is -2.41. The van der Waals surface area contributed by atoms with E-state index in [2.05, 4.69) is 10.4 Å². The summed E-state index contributed by atoms with van der Waals surface area (Å²) in [7, 11) is 0.242. The highest BCUT2D eigenvalue weighted by Crippen LogP contribution is 2.29. The summed E-state index contributed by atoms with van der Waals surface area (Å²) >= 11 is 6.39. The molecular weight excluding hydrogens is 490 g/mol. The van der Waals surface area contributed by atoms with Gasteiger partial charge in [0.1, 0.15) is 5.02 Å². The number of piperidine rings is 1. The van der Waals surface area contributed by atoms with Crippen molar-refractivity contribution in [3.63, 3.8) is 0 Å². The van der Waals surface area contributed by atoms with Gasteiger partial charge in [-0.1, -0.05) is 11.6 Å². The third kappa shape index (κ3) is 5.66. The van der Waals surface area contributed by atoms with E-state index >= 15 is 0 Å².